The number of carbonyl (C=O) groups excluding carboxylic acids is 4. The number of aliphatic carboxylic acids is 1. The lowest BCUT2D eigenvalue weighted by atomic mass is 9.98. The van der Waals surface area contributed by atoms with Crippen molar-refractivity contribution < 1.29 is 29.1 Å². The summed E-state index contributed by atoms with van der Waals surface area (Å²) in [6, 6.07) is -4.48. The molecule has 4 amide bonds. The molecule has 0 aliphatic rings. The molecule has 0 saturated heterocycles. The highest BCUT2D eigenvalue weighted by molar-refractivity contribution is 5.94. The Balaban J connectivity index is 3.06. The van der Waals surface area contributed by atoms with Gasteiger partial charge in [-0.1, -0.05) is 26.7 Å². The number of nitrogens with two attached hydrogens (primary N) is 3. The molecular weight excluding hydrogens is 484 g/mol. The van der Waals surface area contributed by atoms with Crippen molar-refractivity contribution in [1.29, 1.82) is 0 Å². The molecule has 0 radical (unpaired) electrons. The van der Waals surface area contributed by atoms with Crippen LogP contribution in [0.15, 0.2) is 12.5 Å². The molecule has 1 aromatic rings. The molecule has 208 valence electrons. The first kappa shape index (κ1) is 31.5. The molecule has 0 bridgehead atoms. The van der Waals surface area contributed by atoms with Gasteiger partial charge in [-0.05, 0) is 31.7 Å². The van der Waals surface area contributed by atoms with E-state index in [1.165, 1.54) is 12.5 Å². The van der Waals surface area contributed by atoms with Gasteiger partial charge in [-0.3, -0.25) is 19.2 Å². The summed E-state index contributed by atoms with van der Waals surface area (Å²) >= 11 is 0. The summed E-state index contributed by atoms with van der Waals surface area (Å²) in [5, 5.41) is 17.1. The third-order valence-corrected chi connectivity index (χ3v) is 6.01. The fraction of sp³-hybridized carbons (Fsp3) is 0.652. The molecule has 0 fully saturated rings. The second-order valence-electron chi connectivity index (χ2n) is 9.01. The fourth-order valence-corrected chi connectivity index (χ4v) is 3.51. The molecule has 1 rings (SSSR count). The lowest BCUT2D eigenvalue weighted by Crippen LogP contribution is -2.58. The van der Waals surface area contributed by atoms with E-state index in [0.29, 0.717) is 37.9 Å². The highest BCUT2D eigenvalue weighted by Crippen LogP contribution is 2.10. The van der Waals surface area contributed by atoms with Crippen LogP contribution in [0.3, 0.4) is 0 Å². The maximum absolute atomic E-state index is 13.2. The maximum Gasteiger partial charge on any atom is 0.326 e. The number of aromatic amines is 1. The van der Waals surface area contributed by atoms with Crippen LogP contribution in [-0.4, -0.2) is 75.4 Å². The zero-order valence-electron chi connectivity index (χ0n) is 21.4. The Morgan fingerprint density at radius 1 is 1.03 bits per heavy atom. The Labute approximate surface area is 215 Å². The SMILES string of the molecule is CCC(C)C(NC(=O)C(Cc1cnc[nH]1)NC(=O)C(CCC(N)=O)NC(=O)C(N)CCCCN)C(=O)O. The van der Waals surface area contributed by atoms with E-state index < -0.39 is 53.8 Å². The molecule has 1 heterocycles. The number of carboxylic acid groups (broad SMARTS) is 1. The van der Waals surface area contributed by atoms with Gasteiger partial charge >= 0.3 is 5.97 Å². The van der Waals surface area contributed by atoms with E-state index in [-0.39, 0.29) is 25.2 Å². The Morgan fingerprint density at radius 3 is 2.22 bits per heavy atom. The molecule has 14 nitrogen and oxygen atoms in total. The van der Waals surface area contributed by atoms with Crippen LogP contribution in [0.1, 0.15) is 58.1 Å². The molecule has 0 spiro atoms. The number of rotatable bonds is 18. The first-order valence-electron chi connectivity index (χ1n) is 12.3. The van der Waals surface area contributed by atoms with Gasteiger partial charge < -0.3 is 43.2 Å². The minimum Gasteiger partial charge on any atom is -0.480 e. The van der Waals surface area contributed by atoms with Crippen LogP contribution in [0.25, 0.3) is 0 Å². The van der Waals surface area contributed by atoms with E-state index in [4.69, 9.17) is 17.2 Å². The van der Waals surface area contributed by atoms with Crippen LogP contribution in [0.4, 0.5) is 0 Å². The van der Waals surface area contributed by atoms with Crippen LogP contribution >= 0.6 is 0 Å². The van der Waals surface area contributed by atoms with Crippen molar-refractivity contribution in [2.75, 3.05) is 6.54 Å². The summed E-state index contributed by atoms with van der Waals surface area (Å²) < 4.78 is 0. The summed E-state index contributed by atoms with van der Waals surface area (Å²) in [5.41, 5.74) is 17.1. The summed E-state index contributed by atoms with van der Waals surface area (Å²) in [7, 11) is 0. The van der Waals surface area contributed by atoms with Gasteiger partial charge in [0, 0.05) is 24.7 Å². The number of aromatic nitrogens is 2. The van der Waals surface area contributed by atoms with E-state index in [2.05, 4.69) is 25.9 Å². The number of nitrogens with one attached hydrogen (secondary N) is 4. The number of primary amides is 1. The Bertz CT molecular complexity index is 894. The van der Waals surface area contributed by atoms with Gasteiger partial charge in [-0.2, -0.15) is 0 Å². The molecule has 11 N–H and O–H groups in total. The zero-order chi connectivity index (χ0) is 28.0. The molecule has 37 heavy (non-hydrogen) atoms. The van der Waals surface area contributed by atoms with Crippen molar-refractivity contribution >= 4 is 29.6 Å². The Morgan fingerprint density at radius 2 is 1.68 bits per heavy atom. The third kappa shape index (κ3) is 11.4. The van der Waals surface area contributed by atoms with Crippen molar-refractivity contribution in [3.8, 4) is 0 Å². The average molecular weight is 525 g/mol. The highest BCUT2D eigenvalue weighted by Gasteiger charge is 2.32. The smallest absolute Gasteiger partial charge is 0.326 e. The van der Waals surface area contributed by atoms with E-state index in [1.54, 1.807) is 13.8 Å². The summed E-state index contributed by atoms with van der Waals surface area (Å²) in [6.45, 7) is 3.94. The normalized spacial score (nSPS) is 15.0. The van der Waals surface area contributed by atoms with Crippen molar-refractivity contribution in [1.82, 2.24) is 25.9 Å². The molecule has 0 aromatic carbocycles. The molecule has 14 heteroatoms. The Kier molecular flexibility index (Phi) is 13.9. The zero-order valence-corrected chi connectivity index (χ0v) is 21.4. The quantitative estimate of drug-likeness (QED) is 0.101. The van der Waals surface area contributed by atoms with Crippen LogP contribution in [-0.2, 0) is 30.4 Å². The number of nitrogens with zero attached hydrogens (tertiary/aromatic N) is 1. The number of amides is 4. The number of hydrogen-bond donors (Lipinski definition) is 8. The largest absolute Gasteiger partial charge is 0.480 e. The summed E-state index contributed by atoms with van der Waals surface area (Å²) in [5.74, 6) is -4.33. The van der Waals surface area contributed by atoms with Gasteiger partial charge in [0.05, 0.1) is 12.4 Å². The maximum atomic E-state index is 13.2. The second-order valence-corrected chi connectivity index (χ2v) is 9.01. The van der Waals surface area contributed by atoms with E-state index in [1.807, 2.05) is 0 Å². The predicted octanol–water partition coefficient (Wildman–Crippen LogP) is -1.74. The van der Waals surface area contributed by atoms with Gasteiger partial charge in [0.25, 0.3) is 0 Å². The van der Waals surface area contributed by atoms with Gasteiger partial charge in [0.1, 0.15) is 18.1 Å². The summed E-state index contributed by atoms with van der Waals surface area (Å²) in [6.07, 6.45) is 4.67. The highest BCUT2D eigenvalue weighted by atomic mass is 16.4. The lowest BCUT2D eigenvalue weighted by Gasteiger charge is -2.26. The number of carbonyl (C=O) groups is 5. The molecular formula is C23H40N8O6. The van der Waals surface area contributed by atoms with Crippen LogP contribution in [0.5, 0.6) is 0 Å². The van der Waals surface area contributed by atoms with Gasteiger partial charge in [-0.15, -0.1) is 0 Å². The summed E-state index contributed by atoms with van der Waals surface area (Å²) in [4.78, 5) is 68.6. The number of carboxylic acids is 1. The molecule has 5 unspecified atom stereocenters. The van der Waals surface area contributed by atoms with Crippen molar-refractivity contribution in [3.05, 3.63) is 18.2 Å². The van der Waals surface area contributed by atoms with E-state index >= 15 is 0 Å². The number of H-pyrrole nitrogens is 1. The molecule has 0 aliphatic heterocycles. The lowest BCUT2D eigenvalue weighted by molar-refractivity contribution is -0.143. The van der Waals surface area contributed by atoms with Crippen molar-refractivity contribution in [2.24, 2.45) is 23.1 Å². The first-order valence-corrected chi connectivity index (χ1v) is 12.3. The predicted molar refractivity (Wildman–Crippen MR) is 134 cm³/mol. The molecule has 5 atom stereocenters. The Hall–Kier alpha value is -3.52. The average Bonchev–Trinajstić information content (AvgIpc) is 3.36. The van der Waals surface area contributed by atoms with E-state index in [0.717, 1.165) is 0 Å². The van der Waals surface area contributed by atoms with Crippen LogP contribution in [0.2, 0.25) is 0 Å². The molecule has 1 aromatic heterocycles. The standard InChI is InChI=1S/C23H40N8O6/c1-3-13(2)19(23(36)37)31-22(35)17(10-14-11-27-12-28-14)30-21(34)16(7-8-18(26)32)29-20(33)15(25)6-4-5-9-24/h11-13,15-17,19H,3-10,24-25H2,1-2H3,(H2,26,32)(H,27,28)(H,29,33)(H,30,34)(H,31,35)(H,36,37). The minimum absolute atomic E-state index is 0.0283. The number of unbranched alkanes of at least 4 members (excludes halogenated alkanes) is 1. The van der Waals surface area contributed by atoms with Gasteiger partial charge in [0.15, 0.2) is 0 Å². The van der Waals surface area contributed by atoms with Gasteiger partial charge in [-0.25, -0.2) is 9.78 Å². The third-order valence-electron chi connectivity index (χ3n) is 6.01. The van der Waals surface area contributed by atoms with Crippen LogP contribution < -0.4 is 33.2 Å². The van der Waals surface area contributed by atoms with E-state index in [9.17, 15) is 29.1 Å². The van der Waals surface area contributed by atoms with Crippen LogP contribution in [0, 0.1) is 5.92 Å². The molecule has 0 saturated carbocycles. The fourth-order valence-electron chi connectivity index (χ4n) is 3.51. The number of hydrogen-bond acceptors (Lipinski definition) is 8. The topological polar surface area (TPSA) is 248 Å². The van der Waals surface area contributed by atoms with Crippen molar-refractivity contribution in [3.63, 3.8) is 0 Å². The minimum atomic E-state index is -1.21. The first-order chi connectivity index (χ1) is 17.5. The number of imidazole rings is 1. The van der Waals surface area contributed by atoms with Crippen molar-refractivity contribution in [2.45, 2.75) is 83.0 Å². The second kappa shape index (κ2) is 16.3. The molecule has 0 aliphatic carbocycles. The monoisotopic (exact) mass is 524 g/mol. The van der Waals surface area contributed by atoms with Gasteiger partial charge in [0.2, 0.25) is 23.6 Å².